The summed E-state index contributed by atoms with van der Waals surface area (Å²) in [6.45, 7) is 1.20. The fourth-order valence-corrected chi connectivity index (χ4v) is 4.41. The molecular formula is C28H28N2O7. The van der Waals surface area contributed by atoms with E-state index in [1.54, 1.807) is 0 Å². The fourth-order valence-electron chi connectivity index (χ4n) is 4.41. The van der Waals surface area contributed by atoms with E-state index in [1.165, 1.54) is 33.4 Å². The molecule has 2 aromatic carbocycles. The van der Waals surface area contributed by atoms with Crippen LogP contribution >= 0.6 is 0 Å². The quantitative estimate of drug-likeness (QED) is 0.443. The standard InChI is InChI=1S/C28H28N2O7/c1-17(30-27(32)25-26(37-23(31)16-34-2)21(35-3)13-14-29-25)28(33)36-22-15-19-11-7-8-12-20(19)24(22)18-9-5-4-6-10-18/h4-14,17,22,24H,15-16H2,1-3H3,(H,30,32)/t17-,22?,24?/m0/s1. The van der Waals surface area contributed by atoms with E-state index < -0.39 is 30.0 Å². The van der Waals surface area contributed by atoms with Gasteiger partial charge in [0, 0.05) is 31.7 Å². The van der Waals surface area contributed by atoms with Crippen molar-refractivity contribution >= 4 is 17.8 Å². The smallest absolute Gasteiger partial charge is 0.337 e. The molecule has 3 atom stereocenters. The number of benzene rings is 2. The summed E-state index contributed by atoms with van der Waals surface area (Å²) in [5, 5.41) is 2.59. The van der Waals surface area contributed by atoms with Gasteiger partial charge in [-0.3, -0.25) is 4.79 Å². The Labute approximate surface area is 214 Å². The zero-order valence-electron chi connectivity index (χ0n) is 20.8. The lowest BCUT2D eigenvalue weighted by molar-refractivity contribution is -0.151. The third kappa shape index (κ3) is 5.78. The summed E-state index contributed by atoms with van der Waals surface area (Å²) < 4.78 is 21.2. The number of ether oxygens (including phenoxy) is 4. The van der Waals surface area contributed by atoms with Gasteiger partial charge in [-0.2, -0.15) is 0 Å². The first kappa shape index (κ1) is 25.8. The van der Waals surface area contributed by atoms with E-state index in [0.29, 0.717) is 6.42 Å². The van der Waals surface area contributed by atoms with Gasteiger partial charge < -0.3 is 24.3 Å². The summed E-state index contributed by atoms with van der Waals surface area (Å²) in [5.74, 6) is -2.19. The molecule has 0 aliphatic heterocycles. The average Bonchev–Trinajstić information content (AvgIpc) is 3.27. The molecule has 1 amide bonds. The molecule has 0 saturated carbocycles. The van der Waals surface area contributed by atoms with Crippen molar-refractivity contribution in [3.8, 4) is 11.5 Å². The Morgan fingerprint density at radius 1 is 1.03 bits per heavy atom. The number of amides is 1. The van der Waals surface area contributed by atoms with E-state index in [4.69, 9.17) is 18.9 Å². The number of rotatable bonds is 9. The molecular weight excluding hydrogens is 476 g/mol. The molecule has 1 N–H and O–H groups in total. The first-order valence-corrected chi connectivity index (χ1v) is 11.8. The SMILES string of the molecule is COCC(=O)Oc1c(OC)ccnc1C(=O)N[C@@H](C)C(=O)OC1Cc2ccccc2C1c1ccccc1. The molecule has 0 saturated heterocycles. The number of methoxy groups -OCH3 is 2. The topological polar surface area (TPSA) is 113 Å². The number of pyridine rings is 1. The minimum atomic E-state index is -0.997. The first-order valence-electron chi connectivity index (χ1n) is 11.8. The van der Waals surface area contributed by atoms with Gasteiger partial charge in [0.15, 0.2) is 11.4 Å². The highest BCUT2D eigenvalue weighted by atomic mass is 16.6. The summed E-state index contributed by atoms with van der Waals surface area (Å²) in [7, 11) is 2.71. The molecule has 9 nitrogen and oxygen atoms in total. The van der Waals surface area contributed by atoms with Gasteiger partial charge >= 0.3 is 11.9 Å². The largest absolute Gasteiger partial charge is 0.493 e. The second kappa shape index (κ2) is 11.7. The molecule has 1 heterocycles. The molecule has 1 aromatic heterocycles. The lowest BCUT2D eigenvalue weighted by Gasteiger charge is -2.23. The number of fused-ring (bicyclic) bond motifs is 1. The highest BCUT2D eigenvalue weighted by Crippen LogP contribution is 2.40. The Balaban J connectivity index is 1.49. The Morgan fingerprint density at radius 2 is 1.76 bits per heavy atom. The van der Waals surface area contributed by atoms with E-state index >= 15 is 0 Å². The Bertz CT molecular complexity index is 1280. The predicted molar refractivity (Wildman–Crippen MR) is 134 cm³/mol. The summed E-state index contributed by atoms with van der Waals surface area (Å²) in [4.78, 5) is 42.1. The maximum Gasteiger partial charge on any atom is 0.337 e. The molecule has 1 aliphatic carbocycles. The minimum absolute atomic E-state index is 0.115. The third-order valence-corrected chi connectivity index (χ3v) is 6.09. The molecule has 192 valence electrons. The van der Waals surface area contributed by atoms with E-state index in [9.17, 15) is 14.4 Å². The van der Waals surface area contributed by atoms with Gasteiger partial charge in [0.1, 0.15) is 18.8 Å². The molecule has 9 heteroatoms. The molecule has 3 aromatic rings. The van der Waals surface area contributed by atoms with Crippen LogP contribution in [0.4, 0.5) is 0 Å². The van der Waals surface area contributed by atoms with Crippen LogP contribution in [-0.4, -0.2) is 55.8 Å². The lowest BCUT2D eigenvalue weighted by Crippen LogP contribution is -2.42. The van der Waals surface area contributed by atoms with Crippen LogP contribution in [0.5, 0.6) is 11.5 Å². The van der Waals surface area contributed by atoms with Crippen molar-refractivity contribution < 1.29 is 33.3 Å². The Kier molecular flexibility index (Phi) is 8.15. The Morgan fingerprint density at radius 3 is 2.49 bits per heavy atom. The summed E-state index contributed by atoms with van der Waals surface area (Å²) in [6, 6.07) is 18.3. The number of hydrogen-bond donors (Lipinski definition) is 1. The van der Waals surface area contributed by atoms with Crippen molar-refractivity contribution in [3.63, 3.8) is 0 Å². The highest BCUT2D eigenvalue weighted by molar-refractivity contribution is 5.98. The van der Waals surface area contributed by atoms with E-state index in [0.717, 1.165) is 16.7 Å². The monoisotopic (exact) mass is 504 g/mol. The third-order valence-electron chi connectivity index (χ3n) is 6.09. The van der Waals surface area contributed by atoms with Crippen LogP contribution in [0.2, 0.25) is 0 Å². The molecule has 0 radical (unpaired) electrons. The molecule has 0 spiro atoms. The number of carbonyl (C=O) groups is 3. The van der Waals surface area contributed by atoms with Crippen LogP contribution in [-0.2, 0) is 25.5 Å². The molecule has 1 aliphatic rings. The van der Waals surface area contributed by atoms with Crippen LogP contribution in [0.25, 0.3) is 0 Å². The van der Waals surface area contributed by atoms with Crippen molar-refractivity contribution in [2.75, 3.05) is 20.8 Å². The molecule has 37 heavy (non-hydrogen) atoms. The maximum absolute atomic E-state index is 13.1. The van der Waals surface area contributed by atoms with Gasteiger partial charge in [-0.15, -0.1) is 0 Å². The van der Waals surface area contributed by atoms with Crippen LogP contribution in [0.15, 0.2) is 66.9 Å². The fraction of sp³-hybridized carbons (Fsp3) is 0.286. The molecule has 0 fully saturated rings. The zero-order chi connectivity index (χ0) is 26.4. The summed E-state index contributed by atoms with van der Waals surface area (Å²) in [6.07, 6.45) is 1.48. The van der Waals surface area contributed by atoms with Crippen LogP contribution in [0.3, 0.4) is 0 Å². The normalized spacial score (nSPS) is 16.8. The first-order chi connectivity index (χ1) is 17.9. The molecule has 2 unspecified atom stereocenters. The van der Waals surface area contributed by atoms with Crippen LogP contribution < -0.4 is 14.8 Å². The van der Waals surface area contributed by atoms with Crippen molar-refractivity contribution in [3.05, 3.63) is 89.2 Å². The second-order valence-electron chi connectivity index (χ2n) is 8.56. The average molecular weight is 505 g/mol. The van der Waals surface area contributed by atoms with Gasteiger partial charge in [-0.1, -0.05) is 54.6 Å². The zero-order valence-corrected chi connectivity index (χ0v) is 20.8. The second-order valence-corrected chi connectivity index (χ2v) is 8.56. The van der Waals surface area contributed by atoms with Gasteiger partial charge in [0.2, 0.25) is 5.75 Å². The maximum atomic E-state index is 13.1. The molecule has 4 rings (SSSR count). The van der Waals surface area contributed by atoms with E-state index in [2.05, 4.69) is 10.3 Å². The van der Waals surface area contributed by atoms with Gasteiger partial charge in [0.05, 0.1) is 7.11 Å². The number of esters is 2. The van der Waals surface area contributed by atoms with Crippen LogP contribution in [0.1, 0.15) is 40.0 Å². The van der Waals surface area contributed by atoms with Crippen LogP contribution in [0, 0.1) is 0 Å². The minimum Gasteiger partial charge on any atom is -0.493 e. The van der Waals surface area contributed by atoms with Crippen molar-refractivity contribution in [2.45, 2.75) is 31.4 Å². The lowest BCUT2D eigenvalue weighted by atomic mass is 9.91. The van der Waals surface area contributed by atoms with E-state index in [-0.39, 0.29) is 29.7 Å². The Hall–Kier alpha value is -4.24. The number of nitrogens with one attached hydrogen (secondary N) is 1. The van der Waals surface area contributed by atoms with Crippen molar-refractivity contribution in [1.29, 1.82) is 0 Å². The van der Waals surface area contributed by atoms with Gasteiger partial charge in [-0.25, -0.2) is 14.6 Å². The van der Waals surface area contributed by atoms with E-state index in [1.807, 2.05) is 54.6 Å². The number of carbonyl (C=O) groups excluding carboxylic acids is 3. The number of hydrogen-bond acceptors (Lipinski definition) is 8. The predicted octanol–water partition coefficient (Wildman–Crippen LogP) is 3.06. The molecule has 0 bridgehead atoms. The number of aromatic nitrogens is 1. The van der Waals surface area contributed by atoms with Gasteiger partial charge in [0.25, 0.3) is 5.91 Å². The summed E-state index contributed by atoms with van der Waals surface area (Å²) in [5.41, 5.74) is 3.07. The van der Waals surface area contributed by atoms with Crippen molar-refractivity contribution in [1.82, 2.24) is 10.3 Å². The highest BCUT2D eigenvalue weighted by Gasteiger charge is 2.37. The summed E-state index contributed by atoms with van der Waals surface area (Å²) >= 11 is 0. The van der Waals surface area contributed by atoms with Gasteiger partial charge in [-0.05, 0) is 23.6 Å². The number of nitrogens with zero attached hydrogens (tertiary/aromatic N) is 1. The van der Waals surface area contributed by atoms with Crippen molar-refractivity contribution in [2.24, 2.45) is 0 Å².